The van der Waals surface area contributed by atoms with Crippen LogP contribution in [0, 0.1) is 10.1 Å². The van der Waals surface area contributed by atoms with Crippen LogP contribution in [0.2, 0.25) is 5.02 Å². The summed E-state index contributed by atoms with van der Waals surface area (Å²) in [7, 11) is 0. The van der Waals surface area contributed by atoms with Gasteiger partial charge in [-0.1, -0.05) is 17.7 Å². The van der Waals surface area contributed by atoms with Crippen molar-refractivity contribution in [3.05, 3.63) is 57.6 Å². The summed E-state index contributed by atoms with van der Waals surface area (Å²) in [5.74, 6) is 0.735. The second-order valence-electron chi connectivity index (χ2n) is 5.76. The monoisotopic (exact) mass is 320 g/mol. The number of para-hydroxylation sites is 1. The number of nitro benzene ring substituents is 1. The Bertz CT molecular complexity index is 679. The lowest BCUT2D eigenvalue weighted by Crippen LogP contribution is -2.22. The Labute approximate surface area is 134 Å². The molecule has 0 aliphatic carbocycles. The molecule has 0 aromatic heterocycles. The topological polar surface area (TPSA) is 64.4 Å². The molecule has 0 saturated carbocycles. The first-order valence-corrected chi connectivity index (χ1v) is 7.13. The molecule has 0 fully saturated rings. The maximum atomic E-state index is 11.1. The van der Waals surface area contributed by atoms with E-state index in [-0.39, 0.29) is 16.3 Å². The van der Waals surface area contributed by atoms with Crippen molar-refractivity contribution in [1.82, 2.24) is 0 Å². The SMILES string of the molecule is CC(C)(C)Oc1ccc(Nc2cccc(Cl)c2[N+](=O)[O-])cc1. The van der Waals surface area contributed by atoms with Gasteiger partial charge in [0.25, 0.3) is 0 Å². The van der Waals surface area contributed by atoms with E-state index in [9.17, 15) is 10.1 Å². The van der Waals surface area contributed by atoms with E-state index in [1.54, 1.807) is 24.3 Å². The molecule has 5 nitrogen and oxygen atoms in total. The Kier molecular flexibility index (Phi) is 4.56. The number of rotatable bonds is 4. The molecule has 2 aromatic rings. The Balaban J connectivity index is 2.22. The fraction of sp³-hybridized carbons (Fsp3) is 0.250. The van der Waals surface area contributed by atoms with Crippen LogP contribution in [-0.2, 0) is 0 Å². The van der Waals surface area contributed by atoms with Gasteiger partial charge in [0.05, 0.1) is 4.92 Å². The van der Waals surface area contributed by atoms with E-state index in [2.05, 4.69) is 5.32 Å². The van der Waals surface area contributed by atoms with E-state index < -0.39 is 4.92 Å². The largest absolute Gasteiger partial charge is 0.488 e. The summed E-state index contributed by atoms with van der Waals surface area (Å²) >= 11 is 5.89. The Hall–Kier alpha value is -2.27. The molecule has 0 heterocycles. The van der Waals surface area contributed by atoms with Gasteiger partial charge in [0.1, 0.15) is 22.1 Å². The number of benzene rings is 2. The predicted molar refractivity (Wildman–Crippen MR) is 88.2 cm³/mol. The van der Waals surface area contributed by atoms with Gasteiger partial charge in [-0.3, -0.25) is 10.1 Å². The van der Waals surface area contributed by atoms with Crippen LogP contribution in [0.5, 0.6) is 5.75 Å². The number of halogens is 1. The maximum Gasteiger partial charge on any atom is 0.311 e. The highest BCUT2D eigenvalue weighted by Gasteiger charge is 2.18. The first kappa shape index (κ1) is 16.1. The van der Waals surface area contributed by atoms with Crippen LogP contribution in [0.25, 0.3) is 0 Å². The minimum absolute atomic E-state index is 0.0997. The molecule has 0 atom stereocenters. The summed E-state index contributed by atoms with van der Waals surface area (Å²) in [5.41, 5.74) is 0.647. The Morgan fingerprint density at radius 3 is 2.32 bits per heavy atom. The van der Waals surface area contributed by atoms with Crippen molar-refractivity contribution >= 4 is 28.7 Å². The minimum atomic E-state index is -0.498. The second kappa shape index (κ2) is 6.23. The van der Waals surface area contributed by atoms with Gasteiger partial charge in [-0.2, -0.15) is 0 Å². The first-order valence-electron chi connectivity index (χ1n) is 6.75. The van der Waals surface area contributed by atoms with E-state index in [0.29, 0.717) is 11.4 Å². The number of hydrogen-bond acceptors (Lipinski definition) is 4. The molecule has 0 aliphatic rings. The third-order valence-electron chi connectivity index (χ3n) is 2.73. The van der Waals surface area contributed by atoms with Crippen LogP contribution in [0.15, 0.2) is 42.5 Å². The highest BCUT2D eigenvalue weighted by Crippen LogP contribution is 2.34. The first-order chi connectivity index (χ1) is 10.3. The standard InChI is InChI=1S/C16H17ClN2O3/c1-16(2,3)22-12-9-7-11(8-10-12)18-14-6-4-5-13(17)15(14)19(20)21/h4-10,18H,1-3H3. The molecule has 0 saturated heterocycles. The van der Waals surface area contributed by atoms with Crippen molar-refractivity contribution in [1.29, 1.82) is 0 Å². The molecule has 0 bridgehead atoms. The van der Waals surface area contributed by atoms with E-state index in [4.69, 9.17) is 16.3 Å². The number of nitro groups is 1. The summed E-state index contributed by atoms with van der Waals surface area (Å²) in [6.07, 6.45) is 0. The van der Waals surface area contributed by atoms with E-state index in [1.807, 2.05) is 32.9 Å². The molecule has 0 spiro atoms. The zero-order chi connectivity index (χ0) is 16.3. The van der Waals surface area contributed by atoms with Crippen molar-refractivity contribution in [2.24, 2.45) is 0 Å². The second-order valence-corrected chi connectivity index (χ2v) is 6.16. The van der Waals surface area contributed by atoms with E-state index in [0.717, 1.165) is 5.75 Å². The third-order valence-corrected chi connectivity index (χ3v) is 3.03. The Morgan fingerprint density at radius 1 is 1.14 bits per heavy atom. The molecule has 0 aliphatic heterocycles. The molecule has 2 rings (SSSR count). The predicted octanol–water partition coefficient (Wildman–Crippen LogP) is 5.17. The van der Waals surface area contributed by atoms with Gasteiger partial charge >= 0.3 is 5.69 Å². The zero-order valence-electron chi connectivity index (χ0n) is 12.6. The smallest absolute Gasteiger partial charge is 0.311 e. The van der Waals surface area contributed by atoms with Crippen LogP contribution < -0.4 is 10.1 Å². The molecule has 6 heteroatoms. The lowest BCUT2D eigenvalue weighted by Gasteiger charge is -2.21. The van der Waals surface area contributed by atoms with Gasteiger partial charge in [0.2, 0.25) is 0 Å². The van der Waals surface area contributed by atoms with Crippen molar-refractivity contribution < 1.29 is 9.66 Å². The number of ether oxygens (including phenoxy) is 1. The molecule has 2 aromatic carbocycles. The van der Waals surface area contributed by atoms with Gasteiger partial charge in [-0.15, -0.1) is 0 Å². The molecule has 0 amide bonds. The third kappa shape index (κ3) is 4.11. The number of nitrogens with one attached hydrogen (secondary N) is 1. The van der Waals surface area contributed by atoms with Gasteiger partial charge < -0.3 is 10.1 Å². The van der Waals surface area contributed by atoms with E-state index in [1.165, 1.54) is 6.07 Å². The van der Waals surface area contributed by atoms with Crippen LogP contribution in [-0.4, -0.2) is 10.5 Å². The minimum Gasteiger partial charge on any atom is -0.488 e. The summed E-state index contributed by atoms with van der Waals surface area (Å²) < 4.78 is 5.73. The quantitative estimate of drug-likeness (QED) is 0.623. The van der Waals surface area contributed by atoms with Gasteiger partial charge in [-0.25, -0.2) is 0 Å². The lowest BCUT2D eigenvalue weighted by molar-refractivity contribution is -0.383. The number of anilines is 2. The molecule has 0 unspecified atom stereocenters. The van der Waals surface area contributed by atoms with Crippen LogP contribution >= 0.6 is 11.6 Å². The van der Waals surface area contributed by atoms with Crippen molar-refractivity contribution in [3.8, 4) is 5.75 Å². The summed E-state index contributed by atoms with van der Waals surface area (Å²) in [6.45, 7) is 5.90. The Morgan fingerprint density at radius 2 is 1.77 bits per heavy atom. The van der Waals surface area contributed by atoms with Gasteiger partial charge in [0.15, 0.2) is 0 Å². The van der Waals surface area contributed by atoms with Crippen molar-refractivity contribution in [3.63, 3.8) is 0 Å². The fourth-order valence-electron chi connectivity index (χ4n) is 1.92. The number of nitrogens with zero attached hydrogens (tertiary/aromatic N) is 1. The summed E-state index contributed by atoms with van der Waals surface area (Å²) in [6, 6.07) is 12.0. The van der Waals surface area contributed by atoms with Crippen LogP contribution in [0.1, 0.15) is 20.8 Å². The maximum absolute atomic E-state index is 11.1. The zero-order valence-corrected chi connectivity index (χ0v) is 13.3. The van der Waals surface area contributed by atoms with E-state index >= 15 is 0 Å². The van der Waals surface area contributed by atoms with Crippen molar-refractivity contribution in [2.75, 3.05) is 5.32 Å². The molecular weight excluding hydrogens is 304 g/mol. The highest BCUT2D eigenvalue weighted by molar-refractivity contribution is 6.33. The average Bonchev–Trinajstić information content (AvgIpc) is 2.39. The number of hydrogen-bond donors (Lipinski definition) is 1. The normalized spacial score (nSPS) is 11.1. The average molecular weight is 321 g/mol. The molecule has 0 radical (unpaired) electrons. The molecular formula is C16H17ClN2O3. The summed E-state index contributed by atoms with van der Waals surface area (Å²) in [5, 5.41) is 14.2. The van der Waals surface area contributed by atoms with Crippen molar-refractivity contribution in [2.45, 2.75) is 26.4 Å². The van der Waals surface area contributed by atoms with Gasteiger partial charge in [0, 0.05) is 5.69 Å². The summed E-state index contributed by atoms with van der Waals surface area (Å²) in [4.78, 5) is 10.6. The molecule has 1 N–H and O–H groups in total. The lowest BCUT2D eigenvalue weighted by atomic mass is 10.2. The molecule has 22 heavy (non-hydrogen) atoms. The van der Waals surface area contributed by atoms with Crippen LogP contribution in [0.3, 0.4) is 0 Å². The highest BCUT2D eigenvalue weighted by atomic mass is 35.5. The van der Waals surface area contributed by atoms with Gasteiger partial charge in [-0.05, 0) is 57.2 Å². The molecule has 116 valence electrons. The van der Waals surface area contributed by atoms with Crippen LogP contribution in [0.4, 0.5) is 17.1 Å². The fourth-order valence-corrected chi connectivity index (χ4v) is 2.16.